The van der Waals surface area contributed by atoms with E-state index in [2.05, 4.69) is 16.0 Å². The second-order valence-corrected chi connectivity index (χ2v) is 8.58. The first-order valence-corrected chi connectivity index (χ1v) is 11.2. The van der Waals surface area contributed by atoms with E-state index in [0.29, 0.717) is 34.0 Å². The number of pyridine rings is 1. The molecule has 2 aliphatic rings. The lowest BCUT2D eigenvalue weighted by molar-refractivity contribution is 0.101. The molecule has 3 heterocycles. The van der Waals surface area contributed by atoms with Gasteiger partial charge in [-0.15, -0.1) is 0 Å². The normalized spacial score (nSPS) is 19.7. The van der Waals surface area contributed by atoms with Crippen LogP contribution >= 0.6 is 11.6 Å². The van der Waals surface area contributed by atoms with E-state index >= 15 is 0 Å². The smallest absolute Gasteiger partial charge is 0.231 e. The molecule has 6 heteroatoms. The van der Waals surface area contributed by atoms with Crippen molar-refractivity contribution < 1.29 is 14.6 Å². The Kier molecular flexibility index (Phi) is 5.68. The average Bonchev–Trinajstić information content (AvgIpc) is 3.13. The van der Waals surface area contributed by atoms with Crippen molar-refractivity contribution in [3.63, 3.8) is 0 Å². The van der Waals surface area contributed by atoms with E-state index in [0.717, 1.165) is 31.4 Å². The average molecular weight is 447 g/mol. The largest absolute Gasteiger partial charge is 0.507 e. The number of nitrogens with zero attached hydrogens (tertiary/aromatic N) is 2. The lowest BCUT2D eigenvalue weighted by Crippen LogP contribution is -2.33. The first-order valence-electron chi connectivity index (χ1n) is 10.8. The number of phenols is 1. The van der Waals surface area contributed by atoms with Gasteiger partial charge >= 0.3 is 0 Å². The van der Waals surface area contributed by atoms with Crippen molar-refractivity contribution in [2.75, 3.05) is 6.54 Å². The second kappa shape index (κ2) is 8.77. The van der Waals surface area contributed by atoms with Crippen LogP contribution in [0.4, 0.5) is 0 Å². The molecule has 2 aliphatic heterocycles. The topological polar surface area (TPSA) is 62.7 Å². The summed E-state index contributed by atoms with van der Waals surface area (Å²) in [7, 11) is 0. The Bertz CT molecular complexity index is 1190. The number of rotatable bonds is 4. The van der Waals surface area contributed by atoms with E-state index in [9.17, 15) is 9.90 Å². The maximum absolute atomic E-state index is 13.0. The number of halogens is 1. The molecule has 1 aromatic heterocycles. The van der Waals surface area contributed by atoms with E-state index in [1.165, 1.54) is 0 Å². The molecule has 1 atom stereocenters. The van der Waals surface area contributed by atoms with Gasteiger partial charge in [0.2, 0.25) is 5.78 Å². The number of carbonyl (C=O) groups excluding carboxylic acids is 1. The summed E-state index contributed by atoms with van der Waals surface area (Å²) in [6.45, 7) is 1.39. The second-order valence-electron chi connectivity index (χ2n) is 8.17. The Labute approximate surface area is 191 Å². The van der Waals surface area contributed by atoms with Crippen molar-refractivity contribution in [1.29, 1.82) is 0 Å². The van der Waals surface area contributed by atoms with E-state index in [-0.39, 0.29) is 23.3 Å². The van der Waals surface area contributed by atoms with Crippen molar-refractivity contribution in [3.05, 3.63) is 94.0 Å². The number of hydrogen-bond donors (Lipinski definition) is 1. The monoisotopic (exact) mass is 446 g/mol. The summed E-state index contributed by atoms with van der Waals surface area (Å²) in [4.78, 5) is 19.6. The van der Waals surface area contributed by atoms with E-state index < -0.39 is 0 Å². The minimum absolute atomic E-state index is 0.131. The quantitative estimate of drug-likeness (QED) is 0.514. The van der Waals surface area contributed by atoms with E-state index in [4.69, 9.17) is 16.3 Å². The fourth-order valence-electron chi connectivity index (χ4n) is 4.52. The van der Waals surface area contributed by atoms with Crippen LogP contribution in [0.25, 0.3) is 6.08 Å². The van der Waals surface area contributed by atoms with Crippen LogP contribution < -0.4 is 4.74 Å². The third kappa shape index (κ3) is 3.90. The van der Waals surface area contributed by atoms with Gasteiger partial charge in [-0.3, -0.25) is 14.7 Å². The molecule has 1 saturated heterocycles. The van der Waals surface area contributed by atoms with Gasteiger partial charge in [0.05, 0.1) is 11.1 Å². The van der Waals surface area contributed by atoms with Crippen molar-refractivity contribution in [3.8, 4) is 11.5 Å². The molecule has 1 N–H and O–H groups in total. The Morgan fingerprint density at radius 1 is 1.16 bits per heavy atom. The number of carbonyl (C=O) groups is 1. The fraction of sp³-hybridized carbons (Fsp3) is 0.231. The molecule has 0 saturated carbocycles. The van der Waals surface area contributed by atoms with Crippen LogP contribution in [-0.2, 0) is 6.54 Å². The summed E-state index contributed by atoms with van der Waals surface area (Å²) < 4.78 is 6.03. The molecule has 32 heavy (non-hydrogen) atoms. The van der Waals surface area contributed by atoms with Crippen LogP contribution in [0, 0.1) is 0 Å². The zero-order chi connectivity index (χ0) is 22.1. The highest BCUT2D eigenvalue weighted by Gasteiger charge is 2.33. The van der Waals surface area contributed by atoms with Crippen molar-refractivity contribution in [1.82, 2.24) is 9.88 Å². The summed E-state index contributed by atoms with van der Waals surface area (Å²) >= 11 is 6.26. The highest BCUT2D eigenvalue weighted by Crippen LogP contribution is 2.42. The third-order valence-corrected chi connectivity index (χ3v) is 6.50. The minimum atomic E-state index is -0.205. The van der Waals surface area contributed by atoms with Crippen molar-refractivity contribution in [2.24, 2.45) is 0 Å². The summed E-state index contributed by atoms with van der Waals surface area (Å²) in [6.07, 6.45) is 8.60. The van der Waals surface area contributed by atoms with Gasteiger partial charge in [0.1, 0.15) is 11.5 Å². The number of ketones is 1. The van der Waals surface area contributed by atoms with E-state index in [1.54, 1.807) is 30.5 Å². The number of benzene rings is 2. The number of likely N-dealkylation sites (tertiary alicyclic amines) is 1. The van der Waals surface area contributed by atoms with Crippen LogP contribution in [0.2, 0.25) is 5.02 Å². The van der Waals surface area contributed by atoms with Gasteiger partial charge in [-0.1, -0.05) is 42.3 Å². The molecule has 0 spiro atoms. The zero-order valence-electron chi connectivity index (χ0n) is 17.5. The standard InChI is InChI=1S/C26H23ClN2O3/c27-21-8-2-1-6-17(21)14-24-25(31)19-10-11-23(30)20(26(19)32-24)16-29-13-4-3-9-22(29)18-7-5-12-28-15-18/h1-2,5-8,10-12,14-15,22,30H,3-4,9,13,16H2/b24-14-/t22-/m0/s1. The Morgan fingerprint density at radius 2 is 2.03 bits per heavy atom. The van der Waals surface area contributed by atoms with Gasteiger partial charge in [-0.2, -0.15) is 0 Å². The molecule has 0 bridgehead atoms. The predicted molar refractivity (Wildman–Crippen MR) is 124 cm³/mol. The molecule has 162 valence electrons. The number of Topliss-reactive ketones (excluding diaryl/α,β-unsaturated/α-hetero) is 1. The zero-order valence-corrected chi connectivity index (χ0v) is 18.3. The van der Waals surface area contributed by atoms with Crippen molar-refractivity contribution >= 4 is 23.5 Å². The third-order valence-electron chi connectivity index (χ3n) is 6.15. The van der Waals surface area contributed by atoms with Crippen LogP contribution in [-0.4, -0.2) is 27.3 Å². The maximum Gasteiger partial charge on any atom is 0.231 e. The Balaban J connectivity index is 1.48. The SMILES string of the molecule is O=C1/C(=C/c2ccccc2Cl)Oc2c1ccc(O)c2CN1CCCC[C@H]1c1cccnc1. The lowest BCUT2D eigenvalue weighted by Gasteiger charge is -2.36. The molecule has 1 fully saturated rings. The summed E-state index contributed by atoms with van der Waals surface area (Å²) in [5.74, 6) is 0.570. The molecule has 0 unspecified atom stereocenters. The number of allylic oxidation sites excluding steroid dienone is 1. The Hall–Kier alpha value is -3.15. The number of hydrogen-bond acceptors (Lipinski definition) is 5. The van der Waals surface area contributed by atoms with Crippen LogP contribution in [0.15, 0.2) is 66.7 Å². The predicted octanol–water partition coefficient (Wildman–Crippen LogP) is 5.78. The molecule has 5 rings (SSSR count). The molecule has 2 aromatic carbocycles. The molecule has 0 amide bonds. The highest BCUT2D eigenvalue weighted by atomic mass is 35.5. The molecule has 0 aliphatic carbocycles. The number of aromatic nitrogens is 1. The van der Waals surface area contributed by atoms with Gasteiger partial charge in [0, 0.05) is 30.0 Å². The van der Waals surface area contributed by atoms with Gasteiger partial charge < -0.3 is 9.84 Å². The number of aromatic hydroxyl groups is 1. The first-order chi connectivity index (χ1) is 15.6. The van der Waals surface area contributed by atoms with Gasteiger partial charge in [0.25, 0.3) is 0 Å². The van der Waals surface area contributed by atoms with Crippen molar-refractivity contribution in [2.45, 2.75) is 31.8 Å². The minimum Gasteiger partial charge on any atom is -0.507 e. The number of phenolic OH excluding ortho intramolecular Hbond substituents is 1. The Morgan fingerprint density at radius 3 is 2.84 bits per heavy atom. The highest BCUT2D eigenvalue weighted by molar-refractivity contribution is 6.32. The van der Waals surface area contributed by atoms with Crippen LogP contribution in [0.3, 0.4) is 0 Å². The summed E-state index contributed by atoms with van der Waals surface area (Å²) in [5.41, 5.74) is 2.97. The number of fused-ring (bicyclic) bond motifs is 1. The summed E-state index contributed by atoms with van der Waals surface area (Å²) in [5, 5.41) is 11.2. The number of piperidine rings is 1. The molecule has 3 aromatic rings. The lowest BCUT2D eigenvalue weighted by atomic mass is 9.95. The molecular formula is C26H23ClN2O3. The molecule has 0 radical (unpaired) electrons. The van der Waals surface area contributed by atoms with Gasteiger partial charge in [-0.25, -0.2) is 0 Å². The molecular weight excluding hydrogens is 424 g/mol. The molecule has 5 nitrogen and oxygen atoms in total. The van der Waals surface area contributed by atoms with Gasteiger partial charge in [-0.05, 0) is 60.9 Å². The summed E-state index contributed by atoms with van der Waals surface area (Å²) in [6, 6.07) is 14.8. The van der Waals surface area contributed by atoms with Gasteiger partial charge in [0.15, 0.2) is 5.76 Å². The van der Waals surface area contributed by atoms with E-state index in [1.807, 2.05) is 30.5 Å². The van der Waals surface area contributed by atoms with Crippen LogP contribution in [0.5, 0.6) is 11.5 Å². The first kappa shape index (κ1) is 20.7. The van der Waals surface area contributed by atoms with Crippen LogP contribution in [0.1, 0.15) is 52.4 Å². The number of ether oxygens (including phenoxy) is 1. The maximum atomic E-state index is 13.0. The fourth-order valence-corrected chi connectivity index (χ4v) is 4.71.